The second-order valence-corrected chi connectivity index (χ2v) is 4.32. The van der Waals surface area contributed by atoms with Gasteiger partial charge < -0.3 is 10.4 Å². The summed E-state index contributed by atoms with van der Waals surface area (Å²) in [5, 5.41) is 12.2. The summed E-state index contributed by atoms with van der Waals surface area (Å²) in [4.78, 5) is 11.1. The number of benzene rings is 2. The second-order valence-electron chi connectivity index (χ2n) is 4.32. The molecular weight excluding hydrogens is 245 g/mol. The lowest BCUT2D eigenvalue weighted by Crippen LogP contribution is -2.04. The minimum Gasteiger partial charge on any atom is -0.478 e. The maximum Gasteiger partial charge on any atom is 0.337 e. The van der Waals surface area contributed by atoms with Crippen LogP contribution in [0.25, 0.3) is 0 Å². The Morgan fingerprint density at radius 3 is 2.42 bits per heavy atom. The molecule has 2 aromatic carbocycles. The van der Waals surface area contributed by atoms with Gasteiger partial charge in [-0.15, -0.1) is 0 Å². The highest BCUT2D eigenvalue weighted by Crippen LogP contribution is 2.26. The Bertz CT molecular complexity index is 638. The van der Waals surface area contributed by atoms with Gasteiger partial charge in [-0.05, 0) is 49.2 Å². The van der Waals surface area contributed by atoms with Gasteiger partial charge in [-0.1, -0.05) is 12.1 Å². The number of hydrogen-bond donors (Lipinski definition) is 2. The molecule has 0 saturated heterocycles. The molecule has 0 unspecified atom stereocenters. The van der Waals surface area contributed by atoms with Crippen molar-refractivity contribution in [1.82, 2.24) is 0 Å². The molecule has 0 spiro atoms. The van der Waals surface area contributed by atoms with E-state index in [2.05, 4.69) is 5.32 Å². The van der Waals surface area contributed by atoms with Crippen LogP contribution < -0.4 is 5.32 Å². The standard InChI is InChI=1S/C15H14FNO2/c1-9-10(2)13(8-7-12(9)16)17-14-6-4-3-5-11(14)15(18)19/h3-8,17H,1-2H3,(H,18,19). The van der Waals surface area contributed by atoms with Crippen molar-refractivity contribution in [3.05, 3.63) is 58.9 Å². The minimum atomic E-state index is -1.00. The maximum atomic E-state index is 13.4. The average molecular weight is 259 g/mol. The van der Waals surface area contributed by atoms with Crippen LogP contribution in [0.15, 0.2) is 36.4 Å². The Morgan fingerprint density at radius 2 is 1.74 bits per heavy atom. The van der Waals surface area contributed by atoms with Crippen LogP contribution in [-0.2, 0) is 0 Å². The number of aromatic carboxylic acids is 1. The predicted molar refractivity (Wildman–Crippen MR) is 72.6 cm³/mol. The first kappa shape index (κ1) is 13.1. The smallest absolute Gasteiger partial charge is 0.337 e. The maximum absolute atomic E-state index is 13.4. The number of rotatable bonds is 3. The van der Waals surface area contributed by atoms with E-state index in [1.54, 1.807) is 38.1 Å². The Balaban J connectivity index is 2.42. The van der Waals surface area contributed by atoms with Crippen molar-refractivity contribution in [2.75, 3.05) is 5.32 Å². The largest absolute Gasteiger partial charge is 0.478 e. The molecule has 0 aliphatic carbocycles. The highest BCUT2D eigenvalue weighted by molar-refractivity contribution is 5.95. The molecular formula is C15H14FNO2. The summed E-state index contributed by atoms with van der Waals surface area (Å²) < 4.78 is 13.4. The summed E-state index contributed by atoms with van der Waals surface area (Å²) in [5.74, 6) is -1.27. The lowest BCUT2D eigenvalue weighted by molar-refractivity contribution is 0.0698. The molecule has 0 aliphatic rings. The lowest BCUT2D eigenvalue weighted by Gasteiger charge is -2.13. The van der Waals surface area contributed by atoms with Gasteiger partial charge in [0.1, 0.15) is 5.82 Å². The van der Waals surface area contributed by atoms with Gasteiger partial charge in [-0.25, -0.2) is 9.18 Å². The minimum absolute atomic E-state index is 0.184. The number of anilines is 2. The highest BCUT2D eigenvalue weighted by atomic mass is 19.1. The Morgan fingerprint density at radius 1 is 1.05 bits per heavy atom. The van der Waals surface area contributed by atoms with E-state index in [1.807, 2.05) is 0 Å². The monoisotopic (exact) mass is 259 g/mol. The van der Waals surface area contributed by atoms with Crippen molar-refractivity contribution < 1.29 is 14.3 Å². The van der Waals surface area contributed by atoms with Gasteiger partial charge in [0.05, 0.1) is 11.3 Å². The molecule has 98 valence electrons. The molecule has 4 heteroatoms. The van der Waals surface area contributed by atoms with Crippen molar-refractivity contribution in [3.8, 4) is 0 Å². The average Bonchev–Trinajstić information content (AvgIpc) is 2.40. The van der Waals surface area contributed by atoms with Gasteiger partial charge in [-0.2, -0.15) is 0 Å². The lowest BCUT2D eigenvalue weighted by atomic mass is 10.1. The van der Waals surface area contributed by atoms with Crippen molar-refractivity contribution in [2.24, 2.45) is 0 Å². The molecule has 19 heavy (non-hydrogen) atoms. The molecule has 0 radical (unpaired) electrons. The number of nitrogens with one attached hydrogen (secondary N) is 1. The van der Waals surface area contributed by atoms with Crippen LogP contribution in [-0.4, -0.2) is 11.1 Å². The number of carboxylic acid groups (broad SMARTS) is 1. The first-order valence-electron chi connectivity index (χ1n) is 5.85. The molecule has 0 heterocycles. The van der Waals surface area contributed by atoms with Crippen LogP contribution in [0.2, 0.25) is 0 Å². The fourth-order valence-electron chi connectivity index (χ4n) is 1.85. The third kappa shape index (κ3) is 2.57. The third-order valence-electron chi connectivity index (χ3n) is 3.15. The Kier molecular flexibility index (Phi) is 3.51. The van der Waals surface area contributed by atoms with E-state index in [9.17, 15) is 9.18 Å². The molecule has 0 aliphatic heterocycles. The normalized spacial score (nSPS) is 10.3. The SMILES string of the molecule is Cc1c(F)ccc(Nc2ccccc2C(=O)O)c1C. The molecule has 2 N–H and O–H groups in total. The third-order valence-corrected chi connectivity index (χ3v) is 3.15. The second kappa shape index (κ2) is 5.10. The fraction of sp³-hybridized carbons (Fsp3) is 0.133. The molecule has 0 saturated carbocycles. The van der Waals surface area contributed by atoms with E-state index >= 15 is 0 Å². The molecule has 0 fully saturated rings. The zero-order valence-corrected chi connectivity index (χ0v) is 10.7. The first-order valence-corrected chi connectivity index (χ1v) is 5.85. The number of carbonyl (C=O) groups is 1. The Hall–Kier alpha value is -2.36. The van der Waals surface area contributed by atoms with Gasteiger partial charge in [0, 0.05) is 5.69 Å². The highest BCUT2D eigenvalue weighted by Gasteiger charge is 2.11. The molecule has 2 aromatic rings. The van der Waals surface area contributed by atoms with Gasteiger partial charge >= 0.3 is 5.97 Å². The van der Waals surface area contributed by atoms with E-state index in [0.717, 1.165) is 5.56 Å². The predicted octanol–water partition coefficient (Wildman–Crippen LogP) is 3.88. The number of para-hydroxylation sites is 1. The van der Waals surface area contributed by atoms with Gasteiger partial charge in [0.15, 0.2) is 0 Å². The summed E-state index contributed by atoms with van der Waals surface area (Å²) >= 11 is 0. The van der Waals surface area contributed by atoms with Gasteiger partial charge in [0.25, 0.3) is 0 Å². The van der Waals surface area contributed by atoms with Crippen molar-refractivity contribution >= 4 is 17.3 Å². The molecule has 3 nitrogen and oxygen atoms in total. The van der Waals surface area contributed by atoms with Crippen LogP contribution >= 0.6 is 0 Å². The summed E-state index contributed by atoms with van der Waals surface area (Å²) in [6.07, 6.45) is 0. The summed E-state index contributed by atoms with van der Waals surface area (Å²) in [5.41, 5.74) is 2.69. The van der Waals surface area contributed by atoms with Crippen molar-refractivity contribution in [3.63, 3.8) is 0 Å². The molecule has 2 rings (SSSR count). The van der Waals surface area contributed by atoms with Crippen LogP contribution in [0.1, 0.15) is 21.5 Å². The quantitative estimate of drug-likeness (QED) is 0.879. The van der Waals surface area contributed by atoms with Crippen molar-refractivity contribution in [1.29, 1.82) is 0 Å². The van der Waals surface area contributed by atoms with E-state index in [0.29, 0.717) is 16.9 Å². The number of hydrogen-bond acceptors (Lipinski definition) is 2. The van der Waals surface area contributed by atoms with Crippen LogP contribution in [0.5, 0.6) is 0 Å². The fourth-order valence-corrected chi connectivity index (χ4v) is 1.85. The van der Waals surface area contributed by atoms with Crippen molar-refractivity contribution in [2.45, 2.75) is 13.8 Å². The zero-order valence-electron chi connectivity index (χ0n) is 10.7. The number of carboxylic acids is 1. The number of halogens is 1. The molecule has 0 aromatic heterocycles. The summed E-state index contributed by atoms with van der Waals surface area (Å²) in [6.45, 7) is 3.49. The van der Waals surface area contributed by atoms with E-state index in [1.165, 1.54) is 12.1 Å². The summed E-state index contributed by atoms with van der Waals surface area (Å²) in [7, 11) is 0. The van der Waals surface area contributed by atoms with Gasteiger partial charge in [-0.3, -0.25) is 0 Å². The zero-order chi connectivity index (χ0) is 14.0. The molecule has 0 amide bonds. The summed E-state index contributed by atoms with van der Waals surface area (Å²) in [6, 6.07) is 9.60. The van der Waals surface area contributed by atoms with Crippen LogP contribution in [0.3, 0.4) is 0 Å². The van der Waals surface area contributed by atoms with Crippen LogP contribution in [0.4, 0.5) is 15.8 Å². The molecule has 0 atom stereocenters. The molecule has 0 bridgehead atoms. The Labute approximate surface area is 110 Å². The van der Waals surface area contributed by atoms with E-state index in [4.69, 9.17) is 5.11 Å². The van der Waals surface area contributed by atoms with E-state index < -0.39 is 5.97 Å². The topological polar surface area (TPSA) is 49.3 Å². The first-order chi connectivity index (χ1) is 9.00. The van der Waals surface area contributed by atoms with E-state index in [-0.39, 0.29) is 11.4 Å². The van der Waals surface area contributed by atoms with Gasteiger partial charge in [0.2, 0.25) is 0 Å². The van der Waals surface area contributed by atoms with Crippen LogP contribution in [0, 0.1) is 19.7 Å².